The van der Waals surface area contributed by atoms with Crippen LogP contribution in [-0.4, -0.2) is 0 Å². The molecule has 3 aromatic rings. The molecule has 0 aliphatic heterocycles. The number of fused-ring (bicyclic) bond motifs is 3. The number of anilines is 1. The van der Waals surface area contributed by atoms with Gasteiger partial charge in [-0.25, -0.2) is 0 Å². The van der Waals surface area contributed by atoms with Crippen LogP contribution in [0.4, 0.5) is 5.69 Å². The lowest BCUT2D eigenvalue weighted by Gasteiger charge is -1.98. The number of halogens is 1. The number of furan rings is 1. The van der Waals surface area contributed by atoms with Crippen LogP contribution in [0.5, 0.6) is 0 Å². The van der Waals surface area contributed by atoms with Crippen molar-refractivity contribution < 1.29 is 4.42 Å². The molecule has 0 aliphatic rings. The number of nitrogen functional groups attached to an aromatic ring is 1. The van der Waals surface area contributed by atoms with E-state index >= 15 is 0 Å². The maximum absolute atomic E-state index is 5.89. The van der Waals surface area contributed by atoms with E-state index in [4.69, 9.17) is 10.2 Å². The van der Waals surface area contributed by atoms with E-state index in [9.17, 15) is 0 Å². The van der Waals surface area contributed by atoms with E-state index in [0.29, 0.717) is 0 Å². The van der Waals surface area contributed by atoms with Crippen LogP contribution in [0.1, 0.15) is 0 Å². The van der Waals surface area contributed by atoms with Crippen LogP contribution < -0.4 is 5.73 Å². The number of nitrogens with two attached hydrogens (primary N) is 1. The van der Waals surface area contributed by atoms with Crippen LogP contribution >= 0.6 is 22.6 Å². The van der Waals surface area contributed by atoms with Gasteiger partial charge in [0.25, 0.3) is 0 Å². The number of benzene rings is 2. The quantitative estimate of drug-likeness (QED) is 0.507. The molecule has 2 nitrogen and oxygen atoms in total. The highest BCUT2D eigenvalue weighted by Crippen LogP contribution is 2.34. The first-order chi connectivity index (χ1) is 7.27. The fourth-order valence-corrected chi connectivity index (χ4v) is 2.53. The van der Waals surface area contributed by atoms with E-state index in [1.807, 2.05) is 30.3 Å². The number of hydrogen-bond donors (Lipinski definition) is 1. The van der Waals surface area contributed by atoms with Crippen LogP contribution in [0.25, 0.3) is 21.9 Å². The van der Waals surface area contributed by atoms with Crippen molar-refractivity contribution in [3.63, 3.8) is 0 Å². The fraction of sp³-hybridized carbons (Fsp3) is 0. The lowest BCUT2D eigenvalue weighted by Crippen LogP contribution is -1.88. The van der Waals surface area contributed by atoms with Crippen molar-refractivity contribution in [1.29, 1.82) is 0 Å². The lowest BCUT2D eigenvalue weighted by atomic mass is 10.1. The Kier molecular flexibility index (Phi) is 1.88. The smallest absolute Gasteiger partial charge is 0.136 e. The molecule has 2 N–H and O–H groups in total. The Hall–Kier alpha value is -1.23. The standard InChI is InChI=1S/C12H8INO/c13-12-8(14)5-6-10-11(12)7-3-1-2-4-9(7)15-10/h1-6H,14H2. The minimum Gasteiger partial charge on any atom is -0.456 e. The maximum atomic E-state index is 5.89. The molecule has 0 radical (unpaired) electrons. The molecule has 0 fully saturated rings. The van der Waals surface area contributed by atoms with Crippen molar-refractivity contribution in [3.05, 3.63) is 40.0 Å². The van der Waals surface area contributed by atoms with Crippen molar-refractivity contribution in [3.8, 4) is 0 Å². The van der Waals surface area contributed by atoms with Crippen molar-refractivity contribution >= 4 is 50.2 Å². The van der Waals surface area contributed by atoms with Crippen molar-refractivity contribution in [2.24, 2.45) is 0 Å². The van der Waals surface area contributed by atoms with Crippen LogP contribution in [0.2, 0.25) is 0 Å². The summed E-state index contributed by atoms with van der Waals surface area (Å²) in [5.74, 6) is 0. The number of rotatable bonds is 0. The summed E-state index contributed by atoms with van der Waals surface area (Å²) in [5.41, 5.74) is 8.50. The second-order valence-corrected chi connectivity index (χ2v) is 4.52. The molecule has 3 heteroatoms. The lowest BCUT2D eigenvalue weighted by molar-refractivity contribution is 0.669. The Morgan fingerprint density at radius 2 is 1.80 bits per heavy atom. The fourth-order valence-electron chi connectivity index (χ4n) is 1.79. The first kappa shape index (κ1) is 9.03. The van der Waals surface area contributed by atoms with Gasteiger partial charge in [-0.05, 0) is 40.8 Å². The summed E-state index contributed by atoms with van der Waals surface area (Å²) >= 11 is 2.26. The summed E-state index contributed by atoms with van der Waals surface area (Å²) in [6.07, 6.45) is 0. The van der Waals surface area contributed by atoms with Crippen molar-refractivity contribution in [1.82, 2.24) is 0 Å². The SMILES string of the molecule is Nc1ccc2oc3ccccc3c2c1I. The Balaban J connectivity index is 2.63. The third kappa shape index (κ3) is 1.23. The average Bonchev–Trinajstić information content (AvgIpc) is 2.62. The topological polar surface area (TPSA) is 39.2 Å². The highest BCUT2D eigenvalue weighted by Gasteiger charge is 2.10. The van der Waals surface area contributed by atoms with E-state index < -0.39 is 0 Å². The third-order valence-electron chi connectivity index (χ3n) is 2.51. The Morgan fingerprint density at radius 3 is 2.67 bits per heavy atom. The normalized spacial score (nSPS) is 11.3. The molecule has 1 heterocycles. The highest BCUT2D eigenvalue weighted by molar-refractivity contribution is 14.1. The molecule has 3 rings (SSSR count). The summed E-state index contributed by atoms with van der Waals surface area (Å²) in [4.78, 5) is 0. The molecular formula is C12H8INO. The van der Waals surface area contributed by atoms with E-state index in [1.165, 1.54) is 0 Å². The second-order valence-electron chi connectivity index (χ2n) is 3.44. The molecule has 0 unspecified atom stereocenters. The predicted octanol–water partition coefficient (Wildman–Crippen LogP) is 3.77. The van der Waals surface area contributed by atoms with Crippen molar-refractivity contribution in [2.45, 2.75) is 0 Å². The molecule has 0 bridgehead atoms. The molecule has 15 heavy (non-hydrogen) atoms. The molecule has 0 saturated carbocycles. The van der Waals surface area contributed by atoms with Gasteiger partial charge in [0, 0.05) is 20.0 Å². The molecule has 0 aliphatic carbocycles. The summed E-state index contributed by atoms with van der Waals surface area (Å²) < 4.78 is 6.79. The van der Waals surface area contributed by atoms with E-state index in [-0.39, 0.29) is 0 Å². The van der Waals surface area contributed by atoms with Gasteiger partial charge < -0.3 is 10.2 Å². The highest BCUT2D eigenvalue weighted by atomic mass is 127. The number of hydrogen-bond acceptors (Lipinski definition) is 2. The molecule has 0 amide bonds. The minimum atomic E-state index is 0.801. The Bertz CT molecular complexity index is 657. The predicted molar refractivity (Wildman–Crippen MR) is 70.8 cm³/mol. The van der Waals surface area contributed by atoms with Crippen LogP contribution in [0.15, 0.2) is 40.8 Å². The van der Waals surface area contributed by atoms with Gasteiger partial charge >= 0.3 is 0 Å². The molecule has 0 saturated heterocycles. The molecule has 1 aromatic heterocycles. The summed E-state index contributed by atoms with van der Waals surface area (Å²) in [7, 11) is 0. The molecule has 0 spiro atoms. The largest absolute Gasteiger partial charge is 0.456 e. The Morgan fingerprint density at radius 1 is 1.00 bits per heavy atom. The van der Waals surface area contributed by atoms with E-state index in [2.05, 4.69) is 28.7 Å². The minimum absolute atomic E-state index is 0.801. The second kappa shape index (κ2) is 3.13. The van der Waals surface area contributed by atoms with E-state index in [1.54, 1.807) is 0 Å². The Labute approximate surface area is 100 Å². The molecule has 74 valence electrons. The van der Waals surface area contributed by atoms with Gasteiger partial charge in [0.05, 0.1) is 0 Å². The maximum Gasteiger partial charge on any atom is 0.136 e. The van der Waals surface area contributed by atoms with Gasteiger partial charge in [-0.1, -0.05) is 18.2 Å². The van der Waals surface area contributed by atoms with Gasteiger partial charge in [0.15, 0.2) is 0 Å². The molecular weight excluding hydrogens is 301 g/mol. The van der Waals surface area contributed by atoms with Crippen LogP contribution in [0.3, 0.4) is 0 Å². The van der Waals surface area contributed by atoms with Crippen molar-refractivity contribution in [2.75, 3.05) is 5.73 Å². The summed E-state index contributed by atoms with van der Waals surface area (Å²) in [5, 5.41) is 2.25. The zero-order chi connectivity index (χ0) is 10.4. The zero-order valence-corrected chi connectivity index (χ0v) is 9.99. The summed E-state index contributed by atoms with van der Waals surface area (Å²) in [6.45, 7) is 0. The number of para-hydroxylation sites is 1. The monoisotopic (exact) mass is 309 g/mol. The van der Waals surface area contributed by atoms with Gasteiger partial charge in [-0.15, -0.1) is 0 Å². The van der Waals surface area contributed by atoms with Gasteiger partial charge in [-0.2, -0.15) is 0 Å². The van der Waals surface area contributed by atoms with Gasteiger partial charge in [0.1, 0.15) is 11.2 Å². The van der Waals surface area contributed by atoms with Gasteiger partial charge in [0.2, 0.25) is 0 Å². The molecule has 0 atom stereocenters. The average molecular weight is 309 g/mol. The van der Waals surface area contributed by atoms with E-state index in [0.717, 1.165) is 31.2 Å². The zero-order valence-electron chi connectivity index (χ0n) is 7.83. The first-order valence-electron chi connectivity index (χ1n) is 4.62. The van der Waals surface area contributed by atoms with Gasteiger partial charge in [-0.3, -0.25) is 0 Å². The summed E-state index contributed by atoms with van der Waals surface area (Å²) in [6, 6.07) is 11.8. The van der Waals surface area contributed by atoms with Crippen LogP contribution in [0, 0.1) is 3.57 Å². The third-order valence-corrected chi connectivity index (χ3v) is 3.67. The van der Waals surface area contributed by atoms with Crippen LogP contribution in [-0.2, 0) is 0 Å². The first-order valence-corrected chi connectivity index (χ1v) is 5.70. The molecule has 2 aromatic carbocycles.